The quantitative estimate of drug-likeness (QED) is 0.123. The highest BCUT2D eigenvalue weighted by molar-refractivity contribution is 6.45. The lowest BCUT2D eigenvalue weighted by molar-refractivity contribution is -0.118. The Bertz CT molecular complexity index is 2910. The van der Waals surface area contributed by atoms with Gasteiger partial charge in [-0.15, -0.1) is 0 Å². The molecule has 2 aliphatic carbocycles. The first kappa shape index (κ1) is 40.7. The Labute approximate surface area is 365 Å². The summed E-state index contributed by atoms with van der Waals surface area (Å²) in [6.07, 6.45) is 0. The van der Waals surface area contributed by atoms with E-state index in [1.54, 1.807) is 121 Å². The van der Waals surface area contributed by atoms with E-state index in [0.29, 0.717) is 34.0 Å². The predicted octanol–water partition coefficient (Wildman–Crippen LogP) is 7.96. The van der Waals surface area contributed by atoms with Crippen molar-refractivity contribution in [1.29, 1.82) is 0 Å². The lowest BCUT2D eigenvalue weighted by atomic mass is 9.75. The smallest absolute Gasteiger partial charge is 0.240 e. The van der Waals surface area contributed by atoms with Crippen LogP contribution in [0, 0.1) is 11.8 Å². The van der Waals surface area contributed by atoms with Crippen LogP contribution < -0.4 is 20.1 Å². The molecule has 0 aromatic heterocycles. The Kier molecular flexibility index (Phi) is 10.4. The Morgan fingerprint density at radius 3 is 1.02 bits per heavy atom. The van der Waals surface area contributed by atoms with Crippen LogP contribution in [0.1, 0.15) is 73.3 Å². The number of carbonyl (C=O) groups is 8. The van der Waals surface area contributed by atoms with E-state index in [1.807, 2.05) is 0 Å². The van der Waals surface area contributed by atoms with Gasteiger partial charge in [0.2, 0.25) is 11.8 Å². The third-order valence-electron chi connectivity index (χ3n) is 11.6. The highest BCUT2D eigenvalue weighted by atomic mass is 16.5. The number of carbonyl (C=O) groups excluding carboxylic acids is 8. The average Bonchev–Trinajstić information content (AvgIpc) is 3.55. The van der Waals surface area contributed by atoms with Gasteiger partial charge in [0.25, 0.3) is 0 Å². The monoisotopic (exact) mass is 846 g/mol. The Morgan fingerprint density at radius 2 is 0.688 bits per heavy atom. The SMILES string of the molecule is COc1ccc(C(=O)[C@@H]2C(=O)Nc3ccccc3C3=C2C(=O)c2ccccc2C3=O)cc1.COc1ccc(C(=O)[C@H]2C(=O)Nc3ccccc3C3=C2C(=O)c2ccccc2C3=O)cc1. The van der Waals surface area contributed by atoms with Crippen molar-refractivity contribution >= 4 is 69.0 Å². The summed E-state index contributed by atoms with van der Waals surface area (Å²) in [5.41, 5.74) is 3.01. The molecule has 64 heavy (non-hydrogen) atoms. The van der Waals surface area contributed by atoms with Gasteiger partial charge in [-0.2, -0.15) is 0 Å². The van der Waals surface area contributed by atoms with Gasteiger partial charge in [-0.05, 0) is 60.7 Å². The molecule has 4 aliphatic rings. The molecule has 0 fully saturated rings. The normalized spacial score (nSPS) is 17.0. The van der Waals surface area contributed by atoms with Gasteiger partial charge in [-0.3, -0.25) is 38.4 Å². The summed E-state index contributed by atoms with van der Waals surface area (Å²) in [6.45, 7) is 0. The molecule has 12 nitrogen and oxygen atoms in total. The van der Waals surface area contributed by atoms with E-state index in [0.717, 1.165) is 0 Å². The number of hydrogen-bond donors (Lipinski definition) is 2. The number of ether oxygens (including phenoxy) is 2. The number of allylic oxidation sites excluding steroid dienone is 2. The van der Waals surface area contributed by atoms with E-state index < -0.39 is 46.8 Å². The van der Waals surface area contributed by atoms with E-state index in [1.165, 1.54) is 38.5 Å². The zero-order chi connectivity index (χ0) is 44.8. The molecule has 2 N–H and O–H groups in total. The number of nitrogens with one attached hydrogen (secondary N) is 2. The third kappa shape index (κ3) is 6.74. The number of anilines is 2. The van der Waals surface area contributed by atoms with Gasteiger partial charge in [0, 0.05) is 78.2 Å². The van der Waals surface area contributed by atoms with Gasteiger partial charge in [0.05, 0.1) is 14.2 Å². The molecular formula is C52H34N2O10. The second-order valence-corrected chi connectivity index (χ2v) is 15.1. The summed E-state index contributed by atoms with van der Waals surface area (Å²) in [7, 11) is 3.02. The molecule has 0 radical (unpaired) electrons. The number of hydrogen-bond acceptors (Lipinski definition) is 10. The number of rotatable bonds is 6. The molecule has 0 spiro atoms. The van der Waals surface area contributed by atoms with Crippen molar-refractivity contribution in [3.8, 4) is 11.5 Å². The third-order valence-corrected chi connectivity index (χ3v) is 11.6. The molecule has 0 unspecified atom stereocenters. The van der Waals surface area contributed by atoms with Crippen LogP contribution in [0.5, 0.6) is 11.5 Å². The number of amides is 2. The number of fused-ring (bicyclic) bond motifs is 6. The number of ketones is 6. The zero-order valence-corrected chi connectivity index (χ0v) is 34.1. The molecular weight excluding hydrogens is 813 g/mol. The van der Waals surface area contributed by atoms with Crippen LogP contribution >= 0.6 is 0 Å². The zero-order valence-electron chi connectivity index (χ0n) is 34.1. The Balaban J connectivity index is 0.000000162. The van der Waals surface area contributed by atoms with Gasteiger partial charge in [0.15, 0.2) is 34.7 Å². The molecule has 10 rings (SSSR count). The summed E-state index contributed by atoms with van der Waals surface area (Å²) in [6, 6.07) is 39.0. The van der Waals surface area contributed by atoms with Crippen LogP contribution in [0.15, 0.2) is 157 Å². The van der Waals surface area contributed by atoms with Gasteiger partial charge in [-0.1, -0.05) is 84.9 Å². The molecule has 6 aromatic rings. The summed E-state index contributed by atoms with van der Waals surface area (Å²) in [5, 5.41) is 5.48. The second kappa shape index (κ2) is 16.3. The highest BCUT2D eigenvalue weighted by Crippen LogP contribution is 2.44. The predicted molar refractivity (Wildman–Crippen MR) is 236 cm³/mol. The molecule has 2 amide bonds. The summed E-state index contributed by atoms with van der Waals surface area (Å²) in [5.74, 6) is -5.99. The van der Waals surface area contributed by atoms with Gasteiger partial charge >= 0.3 is 0 Å². The fraction of sp³-hybridized carbons (Fsp3) is 0.0769. The first-order valence-electron chi connectivity index (χ1n) is 20.0. The van der Waals surface area contributed by atoms with Crippen molar-refractivity contribution in [2.45, 2.75) is 0 Å². The maximum atomic E-state index is 13.6. The Hall–Kier alpha value is -8.64. The van der Waals surface area contributed by atoms with Crippen LogP contribution in [-0.4, -0.2) is 60.7 Å². The molecule has 0 saturated heterocycles. The standard InChI is InChI=1S/2C26H17NO5/c2*1-32-15-12-10-14(11-13-15)23(28)22-21-20(18-8-4-5-9-19(18)27-26(22)31)24(29)16-6-2-3-7-17(16)25(21)30/h2*2-13,22H,1H3,(H,27,31)/t2*22-/m10/s1. The first-order valence-corrected chi connectivity index (χ1v) is 20.0. The number of methoxy groups -OCH3 is 2. The largest absolute Gasteiger partial charge is 0.497 e. The first-order chi connectivity index (χ1) is 31.0. The minimum atomic E-state index is -1.46. The molecule has 6 aromatic carbocycles. The van der Waals surface area contributed by atoms with Crippen molar-refractivity contribution in [3.63, 3.8) is 0 Å². The Morgan fingerprint density at radius 1 is 0.391 bits per heavy atom. The van der Waals surface area contributed by atoms with E-state index >= 15 is 0 Å². The van der Waals surface area contributed by atoms with Crippen molar-refractivity contribution in [1.82, 2.24) is 0 Å². The number of benzene rings is 6. The maximum absolute atomic E-state index is 13.6. The minimum absolute atomic E-state index is 0.0861. The van der Waals surface area contributed by atoms with Crippen molar-refractivity contribution < 1.29 is 47.8 Å². The number of para-hydroxylation sites is 2. The van der Waals surface area contributed by atoms with Crippen molar-refractivity contribution in [2.24, 2.45) is 11.8 Å². The molecule has 2 heterocycles. The molecule has 0 saturated carbocycles. The average molecular weight is 847 g/mol. The maximum Gasteiger partial charge on any atom is 0.240 e. The van der Waals surface area contributed by atoms with Crippen LogP contribution in [0.2, 0.25) is 0 Å². The molecule has 2 atom stereocenters. The molecule has 12 heteroatoms. The van der Waals surface area contributed by atoms with Gasteiger partial charge < -0.3 is 20.1 Å². The lowest BCUT2D eigenvalue weighted by Gasteiger charge is -2.23. The fourth-order valence-corrected chi connectivity index (χ4v) is 8.51. The van der Waals surface area contributed by atoms with Crippen LogP contribution in [-0.2, 0) is 9.59 Å². The van der Waals surface area contributed by atoms with E-state index in [2.05, 4.69) is 10.6 Å². The summed E-state index contributed by atoms with van der Waals surface area (Å²) in [4.78, 5) is 108. The van der Waals surface area contributed by atoms with Crippen LogP contribution in [0.4, 0.5) is 11.4 Å². The van der Waals surface area contributed by atoms with Crippen LogP contribution in [0.3, 0.4) is 0 Å². The number of Topliss-reactive ketones (excluding diaryl/α,β-unsaturated/α-hetero) is 6. The molecule has 0 bridgehead atoms. The highest BCUT2D eigenvalue weighted by Gasteiger charge is 2.47. The fourth-order valence-electron chi connectivity index (χ4n) is 8.51. The van der Waals surface area contributed by atoms with Gasteiger partial charge in [0.1, 0.15) is 23.3 Å². The molecule has 2 aliphatic heterocycles. The van der Waals surface area contributed by atoms with Gasteiger partial charge in [-0.25, -0.2) is 0 Å². The lowest BCUT2D eigenvalue weighted by Crippen LogP contribution is -2.35. The van der Waals surface area contributed by atoms with Crippen LogP contribution in [0.25, 0.3) is 11.1 Å². The van der Waals surface area contributed by atoms with Crippen molar-refractivity contribution in [2.75, 3.05) is 24.9 Å². The topological polar surface area (TPSA) is 179 Å². The summed E-state index contributed by atoms with van der Waals surface area (Å²) < 4.78 is 10.3. The van der Waals surface area contributed by atoms with Crippen molar-refractivity contribution in [3.05, 3.63) is 201 Å². The summed E-state index contributed by atoms with van der Waals surface area (Å²) >= 11 is 0. The second-order valence-electron chi connectivity index (χ2n) is 15.1. The minimum Gasteiger partial charge on any atom is -0.497 e. The van der Waals surface area contributed by atoms with E-state index in [4.69, 9.17) is 9.47 Å². The van der Waals surface area contributed by atoms with E-state index in [9.17, 15) is 38.4 Å². The molecule has 312 valence electrons. The van der Waals surface area contributed by atoms with E-state index in [-0.39, 0.29) is 67.2 Å².